The number of aryl methyl sites for hydroxylation is 1. The summed E-state index contributed by atoms with van der Waals surface area (Å²) >= 11 is 0. The van der Waals surface area contributed by atoms with E-state index in [-0.39, 0.29) is 11.9 Å². The summed E-state index contributed by atoms with van der Waals surface area (Å²) in [5.74, 6) is 0.737. The van der Waals surface area contributed by atoms with Crippen molar-refractivity contribution in [3.05, 3.63) is 18.2 Å². The Hall–Kier alpha value is -1.36. The van der Waals surface area contributed by atoms with Crippen molar-refractivity contribution in [2.24, 2.45) is 5.73 Å². The number of hydrogen-bond donors (Lipinski definition) is 2. The number of primary amides is 1. The Labute approximate surface area is 115 Å². The topological polar surface area (TPSA) is 72.9 Å². The lowest BCUT2D eigenvalue weighted by atomic mass is 9.92. The van der Waals surface area contributed by atoms with Crippen LogP contribution in [-0.4, -0.2) is 27.5 Å². The Morgan fingerprint density at radius 3 is 2.79 bits per heavy atom. The SMILES string of the molecule is CCCNC(C)(CC(C)n1ccnc1CC)C(N)=O. The van der Waals surface area contributed by atoms with Crippen molar-refractivity contribution in [1.29, 1.82) is 0 Å². The van der Waals surface area contributed by atoms with E-state index in [1.165, 1.54) is 0 Å². The molecule has 19 heavy (non-hydrogen) atoms. The molecule has 0 aromatic carbocycles. The van der Waals surface area contributed by atoms with Gasteiger partial charge in [-0.05, 0) is 33.2 Å². The summed E-state index contributed by atoms with van der Waals surface area (Å²) in [6.45, 7) is 8.91. The standard InChI is InChI=1S/C14H26N4O/c1-5-7-17-14(4,13(15)19)10-11(3)18-9-8-16-12(18)6-2/h8-9,11,17H,5-7,10H2,1-4H3,(H2,15,19). The molecule has 2 unspecified atom stereocenters. The fourth-order valence-corrected chi connectivity index (χ4v) is 2.37. The molecular weight excluding hydrogens is 240 g/mol. The largest absolute Gasteiger partial charge is 0.368 e. The zero-order valence-electron chi connectivity index (χ0n) is 12.4. The van der Waals surface area contributed by atoms with Crippen LogP contribution in [0.3, 0.4) is 0 Å². The van der Waals surface area contributed by atoms with Gasteiger partial charge in [-0.15, -0.1) is 0 Å². The van der Waals surface area contributed by atoms with Crippen LogP contribution < -0.4 is 11.1 Å². The van der Waals surface area contributed by atoms with Gasteiger partial charge in [-0.25, -0.2) is 4.98 Å². The number of imidazole rings is 1. The Morgan fingerprint density at radius 2 is 2.26 bits per heavy atom. The number of rotatable bonds is 8. The van der Waals surface area contributed by atoms with Crippen LogP contribution >= 0.6 is 0 Å². The fourth-order valence-electron chi connectivity index (χ4n) is 2.37. The Kier molecular flexibility index (Phi) is 5.54. The first-order valence-corrected chi connectivity index (χ1v) is 7.01. The van der Waals surface area contributed by atoms with E-state index < -0.39 is 5.54 Å². The number of amides is 1. The predicted molar refractivity (Wildman–Crippen MR) is 76.8 cm³/mol. The van der Waals surface area contributed by atoms with Gasteiger partial charge in [0, 0.05) is 24.9 Å². The van der Waals surface area contributed by atoms with Crippen LogP contribution in [0.4, 0.5) is 0 Å². The minimum Gasteiger partial charge on any atom is -0.368 e. The highest BCUT2D eigenvalue weighted by Crippen LogP contribution is 2.22. The molecule has 0 bridgehead atoms. The van der Waals surface area contributed by atoms with Crippen molar-refractivity contribution in [2.75, 3.05) is 6.54 Å². The van der Waals surface area contributed by atoms with E-state index in [1.54, 1.807) is 6.20 Å². The lowest BCUT2D eigenvalue weighted by Gasteiger charge is -2.31. The monoisotopic (exact) mass is 266 g/mol. The Morgan fingerprint density at radius 1 is 1.58 bits per heavy atom. The van der Waals surface area contributed by atoms with E-state index >= 15 is 0 Å². The molecule has 5 heteroatoms. The molecule has 108 valence electrons. The Bertz CT molecular complexity index is 415. The third-order valence-corrected chi connectivity index (χ3v) is 3.55. The number of nitrogens with zero attached hydrogens (tertiary/aromatic N) is 2. The van der Waals surface area contributed by atoms with Crippen molar-refractivity contribution in [2.45, 2.75) is 58.5 Å². The normalized spacial score (nSPS) is 16.0. The first-order valence-electron chi connectivity index (χ1n) is 7.01. The maximum Gasteiger partial charge on any atom is 0.237 e. The highest BCUT2D eigenvalue weighted by Gasteiger charge is 2.32. The molecule has 1 heterocycles. The molecular formula is C14H26N4O. The average molecular weight is 266 g/mol. The summed E-state index contributed by atoms with van der Waals surface area (Å²) in [6, 6.07) is 0.180. The molecule has 3 N–H and O–H groups in total. The number of carbonyl (C=O) groups is 1. The van der Waals surface area contributed by atoms with Crippen molar-refractivity contribution in [3.8, 4) is 0 Å². The lowest BCUT2D eigenvalue weighted by Crippen LogP contribution is -2.54. The first kappa shape index (κ1) is 15.7. The molecule has 0 saturated carbocycles. The van der Waals surface area contributed by atoms with Gasteiger partial charge in [0.25, 0.3) is 0 Å². The molecule has 0 aliphatic carbocycles. The van der Waals surface area contributed by atoms with Crippen molar-refractivity contribution in [3.63, 3.8) is 0 Å². The van der Waals surface area contributed by atoms with Crippen molar-refractivity contribution >= 4 is 5.91 Å². The molecule has 1 aromatic rings. The number of nitrogens with two attached hydrogens (primary N) is 1. The minimum absolute atomic E-state index is 0.180. The highest BCUT2D eigenvalue weighted by molar-refractivity contribution is 5.84. The minimum atomic E-state index is -0.676. The lowest BCUT2D eigenvalue weighted by molar-refractivity contribution is -0.124. The van der Waals surface area contributed by atoms with Crippen LogP contribution in [0.25, 0.3) is 0 Å². The van der Waals surface area contributed by atoms with E-state index in [9.17, 15) is 4.79 Å². The summed E-state index contributed by atoms with van der Waals surface area (Å²) in [6.07, 6.45) is 6.28. The molecule has 1 amide bonds. The second-order valence-corrected chi connectivity index (χ2v) is 5.28. The van der Waals surface area contributed by atoms with E-state index in [0.29, 0.717) is 6.42 Å². The zero-order chi connectivity index (χ0) is 14.5. The average Bonchev–Trinajstić information content (AvgIpc) is 2.84. The van der Waals surface area contributed by atoms with E-state index in [1.807, 2.05) is 13.1 Å². The van der Waals surface area contributed by atoms with E-state index in [4.69, 9.17) is 5.73 Å². The smallest absolute Gasteiger partial charge is 0.237 e. The van der Waals surface area contributed by atoms with Gasteiger partial charge in [0.05, 0.1) is 5.54 Å². The van der Waals surface area contributed by atoms with Crippen LogP contribution in [-0.2, 0) is 11.2 Å². The molecule has 5 nitrogen and oxygen atoms in total. The van der Waals surface area contributed by atoms with Crippen molar-refractivity contribution in [1.82, 2.24) is 14.9 Å². The van der Waals surface area contributed by atoms with Gasteiger partial charge in [0.1, 0.15) is 5.82 Å². The van der Waals surface area contributed by atoms with Gasteiger partial charge in [0.15, 0.2) is 0 Å². The third kappa shape index (κ3) is 3.80. The quantitative estimate of drug-likeness (QED) is 0.751. The fraction of sp³-hybridized carbons (Fsp3) is 0.714. The maximum absolute atomic E-state index is 11.7. The second kappa shape index (κ2) is 6.70. The van der Waals surface area contributed by atoms with Crippen LogP contribution in [0.2, 0.25) is 0 Å². The van der Waals surface area contributed by atoms with Crippen LogP contribution in [0.1, 0.15) is 52.4 Å². The van der Waals surface area contributed by atoms with E-state index in [2.05, 4.69) is 35.6 Å². The number of aromatic nitrogens is 2. The van der Waals surface area contributed by atoms with Gasteiger partial charge in [-0.2, -0.15) is 0 Å². The molecule has 1 aromatic heterocycles. The number of hydrogen-bond acceptors (Lipinski definition) is 3. The molecule has 0 fully saturated rings. The first-order chi connectivity index (χ1) is 8.94. The van der Waals surface area contributed by atoms with Gasteiger partial charge in [-0.1, -0.05) is 13.8 Å². The second-order valence-electron chi connectivity index (χ2n) is 5.28. The molecule has 0 radical (unpaired) electrons. The summed E-state index contributed by atoms with van der Waals surface area (Å²) < 4.78 is 2.12. The molecule has 0 spiro atoms. The summed E-state index contributed by atoms with van der Waals surface area (Å²) in [5.41, 5.74) is 4.88. The summed E-state index contributed by atoms with van der Waals surface area (Å²) in [4.78, 5) is 16.0. The van der Waals surface area contributed by atoms with Crippen LogP contribution in [0.5, 0.6) is 0 Å². The molecule has 2 atom stereocenters. The van der Waals surface area contributed by atoms with Gasteiger partial charge >= 0.3 is 0 Å². The molecule has 1 rings (SSSR count). The summed E-state index contributed by atoms with van der Waals surface area (Å²) in [7, 11) is 0. The maximum atomic E-state index is 11.7. The number of carbonyl (C=O) groups excluding carboxylic acids is 1. The van der Waals surface area contributed by atoms with Crippen LogP contribution in [0.15, 0.2) is 12.4 Å². The van der Waals surface area contributed by atoms with E-state index in [0.717, 1.165) is 25.2 Å². The Balaban J connectivity index is 2.82. The van der Waals surface area contributed by atoms with Gasteiger partial charge in [0.2, 0.25) is 5.91 Å². The van der Waals surface area contributed by atoms with Gasteiger partial charge in [-0.3, -0.25) is 4.79 Å². The predicted octanol–water partition coefficient (Wildman–Crippen LogP) is 1.64. The van der Waals surface area contributed by atoms with Crippen LogP contribution in [0, 0.1) is 0 Å². The number of nitrogens with one attached hydrogen (secondary N) is 1. The van der Waals surface area contributed by atoms with Crippen molar-refractivity contribution < 1.29 is 4.79 Å². The zero-order valence-corrected chi connectivity index (χ0v) is 12.4. The molecule has 0 aliphatic rings. The highest BCUT2D eigenvalue weighted by atomic mass is 16.1. The summed E-state index contributed by atoms with van der Waals surface area (Å²) in [5, 5.41) is 3.27. The molecule has 0 aliphatic heterocycles. The molecule has 0 saturated heterocycles. The third-order valence-electron chi connectivity index (χ3n) is 3.55. The van der Waals surface area contributed by atoms with Gasteiger partial charge < -0.3 is 15.6 Å².